The Morgan fingerprint density at radius 1 is 1.33 bits per heavy atom. The van der Waals surface area contributed by atoms with Gasteiger partial charge in [0.15, 0.2) is 11.5 Å². The summed E-state index contributed by atoms with van der Waals surface area (Å²) in [4.78, 5) is 4.59. The SMILES string of the molecule is CN1CCN(c2cc(=S)c3scc(Br)c3o2)CC1. The molecule has 96 valence electrons. The van der Waals surface area contributed by atoms with E-state index in [1.807, 2.05) is 11.4 Å². The molecule has 0 aromatic carbocycles. The van der Waals surface area contributed by atoms with Gasteiger partial charge in [-0.2, -0.15) is 0 Å². The van der Waals surface area contributed by atoms with Crippen LogP contribution in [-0.2, 0) is 0 Å². The van der Waals surface area contributed by atoms with Gasteiger partial charge in [0, 0.05) is 37.6 Å². The molecule has 0 atom stereocenters. The maximum absolute atomic E-state index is 5.99. The van der Waals surface area contributed by atoms with E-state index in [-0.39, 0.29) is 0 Å². The Labute approximate surface area is 123 Å². The third kappa shape index (κ3) is 2.22. The number of hydrogen-bond acceptors (Lipinski definition) is 5. The first-order valence-electron chi connectivity index (χ1n) is 5.79. The minimum absolute atomic E-state index is 0.876. The van der Waals surface area contributed by atoms with E-state index >= 15 is 0 Å². The normalized spacial score (nSPS) is 17.6. The van der Waals surface area contributed by atoms with E-state index in [1.54, 1.807) is 11.3 Å². The molecule has 3 heterocycles. The van der Waals surface area contributed by atoms with E-state index in [9.17, 15) is 0 Å². The molecule has 3 rings (SSSR count). The van der Waals surface area contributed by atoms with Crippen LogP contribution < -0.4 is 4.90 Å². The highest BCUT2D eigenvalue weighted by Gasteiger charge is 2.17. The van der Waals surface area contributed by atoms with Crippen molar-refractivity contribution in [3.05, 3.63) is 20.4 Å². The summed E-state index contributed by atoms with van der Waals surface area (Å²) in [5.41, 5.74) is 0.876. The summed E-state index contributed by atoms with van der Waals surface area (Å²) in [5, 5.41) is 2.03. The third-order valence-electron chi connectivity index (χ3n) is 3.20. The van der Waals surface area contributed by atoms with Crippen molar-refractivity contribution >= 4 is 55.7 Å². The van der Waals surface area contributed by atoms with Crippen molar-refractivity contribution < 1.29 is 4.42 Å². The number of rotatable bonds is 1. The first-order valence-corrected chi connectivity index (χ1v) is 7.87. The molecule has 0 bridgehead atoms. The van der Waals surface area contributed by atoms with Gasteiger partial charge in [-0.1, -0.05) is 12.2 Å². The molecule has 1 saturated heterocycles. The summed E-state index contributed by atoms with van der Waals surface area (Å²) in [6.45, 7) is 4.10. The van der Waals surface area contributed by atoms with Crippen LogP contribution in [0.1, 0.15) is 0 Å². The lowest BCUT2D eigenvalue weighted by Crippen LogP contribution is -2.44. The van der Waals surface area contributed by atoms with E-state index in [0.717, 1.165) is 51.3 Å². The van der Waals surface area contributed by atoms with Crippen LogP contribution >= 0.6 is 39.5 Å². The van der Waals surface area contributed by atoms with Crippen molar-refractivity contribution in [3.63, 3.8) is 0 Å². The summed E-state index contributed by atoms with van der Waals surface area (Å²) < 4.78 is 8.91. The molecule has 6 heteroatoms. The van der Waals surface area contributed by atoms with Crippen molar-refractivity contribution in [2.75, 3.05) is 38.1 Å². The van der Waals surface area contributed by atoms with Crippen LogP contribution in [0.15, 0.2) is 20.3 Å². The molecular formula is C12H13BrN2OS2. The van der Waals surface area contributed by atoms with Gasteiger partial charge in [0.2, 0.25) is 0 Å². The summed E-state index contributed by atoms with van der Waals surface area (Å²) in [6, 6.07) is 1.98. The lowest BCUT2D eigenvalue weighted by molar-refractivity contribution is 0.306. The van der Waals surface area contributed by atoms with Gasteiger partial charge in [-0.05, 0) is 23.0 Å². The van der Waals surface area contributed by atoms with Crippen LogP contribution in [0.5, 0.6) is 0 Å². The van der Waals surface area contributed by atoms with Gasteiger partial charge < -0.3 is 14.2 Å². The standard InChI is InChI=1S/C12H13BrN2OS2/c1-14-2-4-15(5-3-14)10-6-9(17)12-11(16-10)8(13)7-18-12/h6-7H,2-5H2,1H3. The highest BCUT2D eigenvalue weighted by atomic mass is 79.9. The maximum atomic E-state index is 5.99. The molecule has 0 spiro atoms. The fourth-order valence-corrected chi connectivity index (χ4v) is 3.88. The Morgan fingerprint density at radius 3 is 2.78 bits per heavy atom. The number of piperazine rings is 1. The molecular weight excluding hydrogens is 332 g/mol. The fourth-order valence-electron chi connectivity index (χ4n) is 2.09. The zero-order valence-corrected chi connectivity index (χ0v) is 13.2. The quantitative estimate of drug-likeness (QED) is 0.733. The molecule has 1 fully saturated rings. The lowest BCUT2D eigenvalue weighted by Gasteiger charge is -2.32. The van der Waals surface area contributed by atoms with Crippen LogP contribution in [0.25, 0.3) is 10.3 Å². The first kappa shape index (κ1) is 12.6. The minimum Gasteiger partial charge on any atom is -0.438 e. The van der Waals surface area contributed by atoms with Gasteiger partial charge >= 0.3 is 0 Å². The smallest absolute Gasteiger partial charge is 0.197 e. The zero-order chi connectivity index (χ0) is 12.7. The first-order chi connectivity index (χ1) is 8.65. The Hall–Kier alpha value is -0.430. The van der Waals surface area contributed by atoms with Crippen molar-refractivity contribution in [1.29, 1.82) is 0 Å². The molecule has 0 radical (unpaired) electrons. The molecule has 0 N–H and O–H groups in total. The largest absolute Gasteiger partial charge is 0.438 e. The number of anilines is 1. The predicted octanol–water partition coefficient (Wildman–Crippen LogP) is 3.74. The number of fused-ring (bicyclic) bond motifs is 1. The number of nitrogens with zero attached hydrogens (tertiary/aromatic N) is 2. The molecule has 2 aromatic rings. The molecule has 0 amide bonds. The molecule has 0 aliphatic carbocycles. The Bertz CT molecular complexity index is 629. The lowest BCUT2D eigenvalue weighted by atomic mass is 10.3. The zero-order valence-electron chi connectivity index (χ0n) is 9.98. The van der Waals surface area contributed by atoms with Crippen molar-refractivity contribution in [2.24, 2.45) is 0 Å². The van der Waals surface area contributed by atoms with E-state index in [2.05, 4.69) is 32.8 Å². The molecule has 0 saturated carbocycles. The average Bonchev–Trinajstić information content (AvgIpc) is 2.73. The number of thiophene rings is 1. The molecule has 3 nitrogen and oxygen atoms in total. The van der Waals surface area contributed by atoms with Gasteiger partial charge in [-0.3, -0.25) is 0 Å². The summed E-state index contributed by atoms with van der Waals surface area (Å²) in [5.74, 6) is 0.889. The number of halogens is 1. The second kappa shape index (κ2) is 4.92. The van der Waals surface area contributed by atoms with E-state index < -0.39 is 0 Å². The topological polar surface area (TPSA) is 19.6 Å². The summed E-state index contributed by atoms with van der Waals surface area (Å²) in [7, 11) is 2.14. The highest BCUT2D eigenvalue weighted by Crippen LogP contribution is 2.34. The van der Waals surface area contributed by atoms with Crippen LogP contribution in [0.4, 0.5) is 5.88 Å². The average molecular weight is 345 g/mol. The number of hydrogen-bond donors (Lipinski definition) is 0. The molecule has 18 heavy (non-hydrogen) atoms. The van der Waals surface area contributed by atoms with Gasteiger partial charge in [-0.15, -0.1) is 11.3 Å². The van der Waals surface area contributed by atoms with Gasteiger partial charge in [-0.25, -0.2) is 0 Å². The van der Waals surface area contributed by atoms with E-state index in [4.69, 9.17) is 16.6 Å². The monoisotopic (exact) mass is 344 g/mol. The molecule has 1 aliphatic rings. The highest BCUT2D eigenvalue weighted by molar-refractivity contribution is 9.10. The van der Waals surface area contributed by atoms with E-state index in [1.165, 1.54) is 0 Å². The molecule has 2 aromatic heterocycles. The van der Waals surface area contributed by atoms with Crippen LogP contribution in [0.3, 0.4) is 0 Å². The van der Waals surface area contributed by atoms with Crippen LogP contribution in [0, 0.1) is 4.51 Å². The maximum Gasteiger partial charge on any atom is 0.197 e. The minimum atomic E-state index is 0.876. The second-order valence-electron chi connectivity index (χ2n) is 4.48. The van der Waals surface area contributed by atoms with Gasteiger partial charge in [0.05, 0.1) is 13.7 Å². The predicted molar refractivity (Wildman–Crippen MR) is 82.3 cm³/mol. The second-order valence-corrected chi connectivity index (χ2v) is 6.65. The van der Waals surface area contributed by atoms with Crippen LogP contribution in [0.2, 0.25) is 0 Å². The Kier molecular flexibility index (Phi) is 3.44. The van der Waals surface area contributed by atoms with Crippen molar-refractivity contribution in [1.82, 2.24) is 4.90 Å². The Morgan fingerprint density at radius 2 is 2.06 bits per heavy atom. The molecule has 0 unspecified atom stereocenters. The summed E-state index contributed by atoms with van der Waals surface area (Å²) in [6.07, 6.45) is 0. The number of likely N-dealkylation sites (N-methyl/N-ethyl adjacent to an activating group) is 1. The molecule has 1 aliphatic heterocycles. The van der Waals surface area contributed by atoms with E-state index in [0.29, 0.717) is 0 Å². The van der Waals surface area contributed by atoms with Gasteiger partial charge in [0.25, 0.3) is 0 Å². The van der Waals surface area contributed by atoms with Gasteiger partial charge in [0.1, 0.15) is 0 Å². The van der Waals surface area contributed by atoms with Crippen LogP contribution in [-0.4, -0.2) is 38.1 Å². The fraction of sp³-hybridized carbons (Fsp3) is 0.417. The Balaban J connectivity index is 2.02. The van der Waals surface area contributed by atoms with Crippen molar-refractivity contribution in [3.8, 4) is 0 Å². The summed E-state index contributed by atoms with van der Waals surface area (Å²) >= 11 is 10.6. The third-order valence-corrected chi connectivity index (χ3v) is 5.54. The van der Waals surface area contributed by atoms with Crippen molar-refractivity contribution in [2.45, 2.75) is 0 Å².